The Kier molecular flexibility index (Phi) is 6.62. The molecule has 8 bridgehead atoms. The third-order valence-electron chi connectivity index (χ3n) is 4.80. The van der Waals surface area contributed by atoms with Gasteiger partial charge < -0.3 is 15.1 Å². The molecule has 1 aromatic carbocycles. The van der Waals surface area contributed by atoms with Crippen LogP contribution >= 0.6 is 0 Å². The number of nitrogens with one attached hydrogen (secondary N) is 2. The van der Waals surface area contributed by atoms with Crippen LogP contribution in [0.3, 0.4) is 0 Å². The molecule has 0 atom stereocenters. The fraction of sp³-hybridized carbons (Fsp3) is 0. The summed E-state index contributed by atoms with van der Waals surface area (Å²) in [5.74, 6) is 0.322. The number of hydrogen-bond acceptors (Lipinski definition) is 3. The van der Waals surface area contributed by atoms with Crippen LogP contribution in [0.2, 0.25) is 0 Å². The summed E-state index contributed by atoms with van der Waals surface area (Å²) in [6.07, 6.45) is 8.09. The molecule has 0 saturated carbocycles. The molecule has 6 rings (SSSR count). The number of H-pyrrole nitrogens is 2. The van der Waals surface area contributed by atoms with Crippen molar-refractivity contribution in [3.63, 3.8) is 0 Å². The first-order valence-corrected chi connectivity index (χ1v) is 9.98. The van der Waals surface area contributed by atoms with E-state index in [0.717, 1.165) is 44.8 Å². The number of benzene rings is 1. The van der Waals surface area contributed by atoms with E-state index < -0.39 is 0 Å². The molecule has 0 fully saturated rings. The van der Waals surface area contributed by atoms with Gasteiger partial charge in [0.05, 0.1) is 22.8 Å². The van der Waals surface area contributed by atoms with Crippen LogP contribution in [0.15, 0.2) is 78.9 Å². The van der Waals surface area contributed by atoms with Crippen molar-refractivity contribution in [2.45, 2.75) is 0 Å². The molecule has 5 heterocycles. The standard InChI is InChI=1S/C20H14N4.C6H6O.Bi.3H/c1-2-14-10-16-5-6-18(23-16)12-20-8-7-19(24-20)11-17-4-3-15(22-17)9-13(1)21-14;7-6-4-2-1-3-5-6;;;;/h1-12,21,24H;1-5,7H;;;;. The predicted molar refractivity (Wildman–Crippen MR) is 137 cm³/mol. The van der Waals surface area contributed by atoms with Crippen LogP contribution in [0.1, 0.15) is 22.8 Å². The maximum absolute atomic E-state index is 8.63. The van der Waals surface area contributed by atoms with Gasteiger partial charge in [-0.2, -0.15) is 0 Å². The Balaban J connectivity index is 0.000000265. The van der Waals surface area contributed by atoms with E-state index in [9.17, 15) is 0 Å². The van der Waals surface area contributed by atoms with Gasteiger partial charge in [0.15, 0.2) is 0 Å². The number of phenols is 1. The minimum absolute atomic E-state index is 0. The summed E-state index contributed by atoms with van der Waals surface area (Å²) < 4.78 is 0. The molecule has 2 aliphatic rings. The number of aromatic nitrogens is 4. The van der Waals surface area contributed by atoms with Crippen molar-refractivity contribution in [1.82, 2.24) is 19.9 Å². The Hall–Kier alpha value is -3.50. The number of nitrogens with zero attached hydrogens (tertiary/aromatic N) is 2. The molecule has 0 radical (unpaired) electrons. The van der Waals surface area contributed by atoms with Crippen molar-refractivity contribution in [2.24, 2.45) is 0 Å². The summed E-state index contributed by atoms with van der Waals surface area (Å²) in [5.41, 5.74) is 7.86. The molecule has 0 amide bonds. The molecule has 0 saturated heterocycles. The number of hydrogen-bond donors (Lipinski definition) is 3. The summed E-state index contributed by atoms with van der Waals surface area (Å²) in [4.78, 5) is 16.0. The molecule has 4 aromatic rings. The van der Waals surface area contributed by atoms with Crippen molar-refractivity contribution >= 4 is 72.6 Å². The number of aromatic hydroxyl groups is 1. The summed E-state index contributed by atoms with van der Waals surface area (Å²) in [5, 5.41) is 8.63. The van der Waals surface area contributed by atoms with Crippen LogP contribution < -0.4 is 0 Å². The summed E-state index contributed by atoms with van der Waals surface area (Å²) in [7, 11) is 0. The average Bonchev–Trinajstić information content (AvgIpc) is 3.55. The van der Waals surface area contributed by atoms with Crippen molar-refractivity contribution < 1.29 is 5.11 Å². The van der Waals surface area contributed by atoms with Crippen molar-refractivity contribution in [3.8, 4) is 5.75 Å². The molecular weight excluding hydrogens is 593 g/mol. The topological polar surface area (TPSA) is 77.6 Å². The molecule has 32 heavy (non-hydrogen) atoms. The molecule has 158 valence electrons. The number of fused-ring (bicyclic) bond motifs is 8. The first-order chi connectivity index (χ1) is 15.2. The van der Waals surface area contributed by atoms with E-state index in [1.807, 2.05) is 54.6 Å². The zero-order valence-electron chi connectivity index (χ0n) is 17.4. The number of aromatic amines is 2. The van der Waals surface area contributed by atoms with Gasteiger partial charge in [-0.15, -0.1) is 0 Å². The van der Waals surface area contributed by atoms with Gasteiger partial charge in [0.25, 0.3) is 0 Å². The van der Waals surface area contributed by atoms with E-state index in [-0.39, 0.29) is 26.2 Å². The zero-order valence-corrected chi connectivity index (χ0v) is 22.9. The monoisotopic (exact) mass is 616 g/mol. The molecule has 3 aromatic heterocycles. The first-order valence-electron chi connectivity index (χ1n) is 9.98. The average molecular weight is 616 g/mol. The van der Waals surface area contributed by atoms with Crippen LogP contribution in [0, 0.1) is 0 Å². The van der Waals surface area contributed by atoms with Crippen molar-refractivity contribution in [2.75, 3.05) is 0 Å². The van der Waals surface area contributed by atoms with E-state index in [1.54, 1.807) is 24.3 Å². The van der Waals surface area contributed by atoms with Gasteiger partial charge in [-0.25, -0.2) is 9.97 Å². The SMILES string of the molecule is C1=Cc2cc3ccc(cc4nc(cc5ccc(cc1n2)[nH]5)C=C4)[nH]3.Oc1ccccc1.[BiH3]. The fourth-order valence-corrected chi connectivity index (χ4v) is 3.37. The van der Waals surface area contributed by atoms with E-state index in [0.29, 0.717) is 5.75 Å². The van der Waals surface area contributed by atoms with Crippen molar-refractivity contribution in [1.29, 1.82) is 0 Å². The molecule has 0 unspecified atom stereocenters. The molecule has 6 heteroatoms. The molecule has 3 N–H and O–H groups in total. The van der Waals surface area contributed by atoms with Gasteiger partial charge in [-0.1, -0.05) is 18.2 Å². The maximum atomic E-state index is 8.63. The molecule has 0 spiro atoms. The summed E-state index contributed by atoms with van der Waals surface area (Å²) in [6, 6.07) is 25.1. The quantitative estimate of drug-likeness (QED) is 0.214. The first kappa shape index (κ1) is 21.7. The number of rotatable bonds is 0. The van der Waals surface area contributed by atoms with Gasteiger partial charge >= 0.3 is 26.2 Å². The number of phenolic OH excluding ortho intramolecular Hbond substituents is 1. The van der Waals surface area contributed by atoms with E-state index >= 15 is 0 Å². The normalized spacial score (nSPS) is 11.4. The van der Waals surface area contributed by atoms with Crippen LogP contribution in [-0.4, -0.2) is 51.2 Å². The summed E-state index contributed by atoms with van der Waals surface area (Å²) >= 11 is 0. The summed E-state index contributed by atoms with van der Waals surface area (Å²) in [6.45, 7) is 0. The Morgan fingerprint density at radius 3 is 1.12 bits per heavy atom. The van der Waals surface area contributed by atoms with Gasteiger partial charge in [-0.05, 0) is 85.0 Å². The third-order valence-corrected chi connectivity index (χ3v) is 4.80. The van der Waals surface area contributed by atoms with Crippen molar-refractivity contribution in [3.05, 3.63) is 102 Å². The van der Waals surface area contributed by atoms with E-state index in [4.69, 9.17) is 5.11 Å². The van der Waals surface area contributed by atoms with Gasteiger partial charge in [-0.3, -0.25) is 0 Å². The van der Waals surface area contributed by atoms with Crippen LogP contribution in [0.4, 0.5) is 0 Å². The van der Waals surface area contributed by atoms with Crippen LogP contribution in [0.25, 0.3) is 46.4 Å². The fourth-order valence-electron chi connectivity index (χ4n) is 3.37. The molecular formula is C26H23BiN4O. The number of para-hydroxylation sites is 1. The second-order valence-corrected chi connectivity index (χ2v) is 7.24. The zero-order chi connectivity index (χ0) is 21.0. The van der Waals surface area contributed by atoms with Gasteiger partial charge in [0, 0.05) is 22.1 Å². The second-order valence-electron chi connectivity index (χ2n) is 7.24. The Morgan fingerprint density at radius 1 is 0.500 bits per heavy atom. The minimum atomic E-state index is 0. The van der Waals surface area contributed by atoms with E-state index in [2.05, 4.69) is 44.2 Å². The van der Waals surface area contributed by atoms with Crippen LogP contribution in [-0.2, 0) is 0 Å². The molecule has 2 aliphatic heterocycles. The van der Waals surface area contributed by atoms with Crippen LogP contribution in [0.5, 0.6) is 5.75 Å². The van der Waals surface area contributed by atoms with Gasteiger partial charge in [0.1, 0.15) is 5.75 Å². The van der Waals surface area contributed by atoms with Gasteiger partial charge in [0.2, 0.25) is 0 Å². The Bertz CT molecular complexity index is 1270. The van der Waals surface area contributed by atoms with E-state index in [1.165, 1.54) is 0 Å². The molecule has 5 nitrogen and oxygen atoms in total. The predicted octanol–water partition coefficient (Wildman–Crippen LogP) is 4.86. The Morgan fingerprint density at radius 2 is 0.844 bits per heavy atom. The third kappa shape index (κ3) is 5.40. The molecule has 0 aliphatic carbocycles. The Labute approximate surface area is 204 Å². The second kappa shape index (κ2) is 9.75.